The van der Waals surface area contributed by atoms with Gasteiger partial charge in [-0.25, -0.2) is 0 Å². The number of hydrogen-bond acceptors (Lipinski definition) is 16. The van der Waals surface area contributed by atoms with E-state index in [9.17, 15) is 38.4 Å². The number of aliphatic hydroxyl groups excluding tert-OH is 4. The Kier molecular flexibility index (Phi) is 52.4. The van der Waals surface area contributed by atoms with Gasteiger partial charge in [-0.15, -0.1) is 0 Å². The molecule has 44 heavy (non-hydrogen) atoms. The molecule has 0 spiro atoms. The van der Waals surface area contributed by atoms with Crippen LogP contribution in [-0.2, 0) is 140 Å². The summed E-state index contributed by atoms with van der Waals surface area (Å²) in [6.45, 7) is 0.107. The fourth-order valence-electron chi connectivity index (χ4n) is 1.52. The van der Waals surface area contributed by atoms with Crippen LogP contribution in [-0.4, -0.2) is 125 Å². The Morgan fingerprint density at radius 3 is 0.568 bits per heavy atom. The molecule has 24 nitrogen and oxygen atoms in total. The van der Waals surface area contributed by atoms with E-state index in [2.05, 4.69) is 26.4 Å². The number of amides is 8. The van der Waals surface area contributed by atoms with Crippen LogP contribution in [0.1, 0.15) is 0 Å². The van der Waals surface area contributed by atoms with Crippen molar-refractivity contribution in [2.75, 3.05) is 52.9 Å². The Balaban J connectivity index is -0.000000242. The first-order chi connectivity index (χ1) is 21.4. The molecule has 252 valence electrons. The SMILES string of the molecule is O=C[NH][Hf]([NH]C=O)[O]CCO.O=C[NH][Hf]([NH]C=O)[O]CCO.O=C[NH][Hf]([NH]C=O)[O]CCO.O=C[NH][Hf]([NH]C=O)[O]CCO. The predicted molar refractivity (Wildman–Crippen MR) is 126 cm³/mol. The molecule has 0 aliphatic heterocycles. The number of hydrogen-bond donors (Lipinski definition) is 12. The minimum atomic E-state index is -2.83. The van der Waals surface area contributed by atoms with Crippen molar-refractivity contribution >= 4 is 51.3 Å². The van der Waals surface area contributed by atoms with E-state index in [0.29, 0.717) is 51.3 Å². The van der Waals surface area contributed by atoms with Crippen LogP contribution < -0.4 is 26.4 Å². The van der Waals surface area contributed by atoms with Crippen LogP contribution in [0, 0.1) is 0 Å². The maximum absolute atomic E-state index is 9.90. The average Bonchev–Trinajstić information content (AvgIpc) is 3.02. The van der Waals surface area contributed by atoms with E-state index in [-0.39, 0.29) is 52.9 Å². The Bertz CT molecular complexity index is 563. The maximum atomic E-state index is 9.90. The summed E-state index contributed by atoms with van der Waals surface area (Å²) in [5, 5.41) is 33.3. The fraction of sp³-hybridized carbons (Fsp3) is 0.500. The van der Waals surface area contributed by atoms with Crippen molar-refractivity contribution in [1.82, 2.24) is 26.4 Å². The third-order valence-corrected chi connectivity index (χ3v) is 20.9. The molecule has 0 heterocycles. The van der Waals surface area contributed by atoms with E-state index >= 15 is 0 Å². The van der Waals surface area contributed by atoms with Crippen molar-refractivity contribution in [2.45, 2.75) is 0 Å². The van der Waals surface area contributed by atoms with E-state index < -0.39 is 89.8 Å². The van der Waals surface area contributed by atoms with Crippen LogP contribution in [0.4, 0.5) is 0 Å². The first kappa shape index (κ1) is 49.8. The molecule has 0 radical (unpaired) electrons. The summed E-state index contributed by atoms with van der Waals surface area (Å²) in [6.07, 6.45) is 3.86. The van der Waals surface area contributed by atoms with Crippen LogP contribution in [0.15, 0.2) is 0 Å². The van der Waals surface area contributed by atoms with Crippen LogP contribution in [0.3, 0.4) is 0 Å². The fourth-order valence-corrected chi connectivity index (χ4v) is 12.4. The monoisotopic (exact) mass is 1320 g/mol. The van der Waals surface area contributed by atoms with Crippen LogP contribution in [0.5, 0.6) is 0 Å². The Labute approximate surface area is 287 Å². The van der Waals surface area contributed by atoms with Gasteiger partial charge in [0.2, 0.25) is 0 Å². The summed E-state index contributed by atoms with van der Waals surface area (Å²) < 4.78 is 38.8. The Morgan fingerprint density at radius 2 is 0.477 bits per heavy atom. The van der Waals surface area contributed by atoms with Crippen molar-refractivity contribution in [2.24, 2.45) is 0 Å². The standard InChI is InChI=1S/4C2H5O2.8CH3NO.4Hf/c4*3-1-2-4;8*2-1-3;;;;/h4*3H,1-2H2;8*1H,(H2,2,3);;;;/q4*-1;;;;;;;;;4*+3/p-8. The Hall–Kier alpha value is -1.08. The molecule has 0 fully saturated rings. The first-order valence-corrected chi connectivity index (χ1v) is 31.7. The van der Waals surface area contributed by atoms with Gasteiger partial charge < -0.3 is 0 Å². The van der Waals surface area contributed by atoms with Gasteiger partial charge in [0.15, 0.2) is 0 Å². The molecular formula is C16H36Hf4N8O16. The topological polar surface area (TPSA) is 351 Å². The number of carbonyl (C=O) groups is 8. The van der Waals surface area contributed by atoms with Gasteiger partial charge in [-0.3, -0.25) is 0 Å². The summed E-state index contributed by atoms with van der Waals surface area (Å²) in [5.41, 5.74) is 0. The zero-order valence-electron chi connectivity index (χ0n) is 23.0. The molecular weight excluding hydrogens is 1270 g/mol. The number of carbonyl (C=O) groups excluding carboxylic acids is 8. The van der Waals surface area contributed by atoms with Gasteiger partial charge in [0, 0.05) is 0 Å². The van der Waals surface area contributed by atoms with Crippen LogP contribution >= 0.6 is 0 Å². The number of aliphatic hydroxyl groups is 4. The molecule has 0 saturated heterocycles. The first-order valence-electron chi connectivity index (χ1n) is 11.4. The van der Waals surface area contributed by atoms with Gasteiger partial charge in [0.05, 0.1) is 0 Å². The van der Waals surface area contributed by atoms with E-state index in [4.69, 9.17) is 31.8 Å². The van der Waals surface area contributed by atoms with E-state index in [1.165, 1.54) is 0 Å². The van der Waals surface area contributed by atoms with Gasteiger partial charge in [-0.2, -0.15) is 0 Å². The van der Waals surface area contributed by atoms with Gasteiger partial charge in [-0.1, -0.05) is 0 Å². The average molecular weight is 1310 g/mol. The van der Waals surface area contributed by atoms with Crippen molar-refractivity contribution in [3.63, 3.8) is 0 Å². The normalized spacial score (nSPS) is 8.45. The molecule has 0 unspecified atom stereocenters. The third kappa shape index (κ3) is 43.1. The molecule has 0 saturated carbocycles. The van der Waals surface area contributed by atoms with Crippen LogP contribution in [0.2, 0.25) is 0 Å². The molecule has 0 aromatic carbocycles. The molecule has 0 aliphatic carbocycles. The van der Waals surface area contributed by atoms with E-state index in [1.807, 2.05) is 0 Å². The summed E-state index contributed by atoms with van der Waals surface area (Å²) >= 11 is -11.3. The second-order valence-electron chi connectivity index (χ2n) is 5.70. The van der Waals surface area contributed by atoms with Gasteiger partial charge >= 0.3 is 291 Å². The molecule has 0 aromatic heterocycles. The summed E-state index contributed by atoms with van der Waals surface area (Å²) in [6, 6.07) is 0. The van der Waals surface area contributed by atoms with E-state index in [0.717, 1.165) is 0 Å². The molecule has 28 heteroatoms. The van der Waals surface area contributed by atoms with Crippen LogP contribution in [0.25, 0.3) is 0 Å². The molecule has 12 N–H and O–H groups in total. The zero-order valence-corrected chi connectivity index (χ0v) is 37.3. The third-order valence-electron chi connectivity index (χ3n) is 2.87. The van der Waals surface area contributed by atoms with Gasteiger partial charge in [0.1, 0.15) is 0 Å². The minimum absolute atomic E-state index is 0.116. The van der Waals surface area contributed by atoms with Crippen molar-refractivity contribution in [3.05, 3.63) is 0 Å². The molecule has 0 aromatic rings. The second kappa shape index (κ2) is 46.3. The number of nitrogens with one attached hydrogen (secondary N) is 8. The van der Waals surface area contributed by atoms with Gasteiger partial charge in [0.25, 0.3) is 0 Å². The molecule has 0 rings (SSSR count). The summed E-state index contributed by atoms with van der Waals surface area (Å²) in [5.74, 6) is 0. The predicted octanol–water partition coefficient (Wildman–Crippen LogP) is -8.60. The Morgan fingerprint density at radius 1 is 0.341 bits per heavy atom. The molecule has 8 amide bonds. The van der Waals surface area contributed by atoms with Gasteiger partial charge in [-0.05, 0) is 0 Å². The molecule has 0 aliphatic rings. The number of rotatable bonds is 28. The zero-order chi connectivity index (χ0) is 34.1. The van der Waals surface area contributed by atoms with E-state index in [1.54, 1.807) is 0 Å². The summed E-state index contributed by atoms with van der Waals surface area (Å²) in [7, 11) is 0. The summed E-state index contributed by atoms with van der Waals surface area (Å²) in [4.78, 5) is 79.2. The second-order valence-corrected chi connectivity index (χ2v) is 27.6. The quantitative estimate of drug-likeness (QED) is 0.0256. The van der Waals surface area contributed by atoms with Crippen molar-refractivity contribution in [3.8, 4) is 0 Å². The van der Waals surface area contributed by atoms with Crippen molar-refractivity contribution < 1.29 is 160 Å². The molecule has 0 atom stereocenters. The molecule has 0 bridgehead atoms. The van der Waals surface area contributed by atoms with Crippen molar-refractivity contribution in [1.29, 1.82) is 0 Å².